The molecule has 0 saturated heterocycles. The van der Waals surface area contributed by atoms with Gasteiger partial charge in [-0.15, -0.1) is 0 Å². The van der Waals surface area contributed by atoms with E-state index in [-0.39, 0.29) is 5.97 Å². The van der Waals surface area contributed by atoms with Crippen LogP contribution >= 0.6 is 23.2 Å². The smallest absolute Gasteiger partial charge is 0.307 e. The van der Waals surface area contributed by atoms with E-state index in [0.29, 0.717) is 36.2 Å². The lowest BCUT2D eigenvalue weighted by molar-refractivity contribution is -0.142. The van der Waals surface area contributed by atoms with E-state index >= 15 is 0 Å². The van der Waals surface area contributed by atoms with Crippen LogP contribution in [0, 0.1) is 0 Å². The largest absolute Gasteiger partial charge is 0.466 e. The Morgan fingerprint density at radius 3 is 2.59 bits per heavy atom. The first-order valence-electron chi connectivity index (χ1n) is 5.44. The highest BCUT2D eigenvalue weighted by Crippen LogP contribution is 2.23. The molecule has 94 valence electrons. The average Bonchev–Trinajstić information content (AvgIpc) is 2.28. The Morgan fingerprint density at radius 1 is 1.35 bits per heavy atom. The fourth-order valence-electron chi connectivity index (χ4n) is 1.34. The van der Waals surface area contributed by atoms with Crippen molar-refractivity contribution >= 4 is 29.2 Å². The molecule has 0 amide bonds. The van der Waals surface area contributed by atoms with Gasteiger partial charge in [0.1, 0.15) is 0 Å². The third kappa shape index (κ3) is 4.94. The minimum Gasteiger partial charge on any atom is -0.466 e. The second-order valence-electron chi connectivity index (χ2n) is 3.43. The fraction of sp³-hybridized carbons (Fsp3) is 0.417. The van der Waals surface area contributed by atoms with Gasteiger partial charge in [-0.2, -0.15) is 0 Å². The molecule has 5 heteroatoms. The van der Waals surface area contributed by atoms with Crippen LogP contribution in [0.4, 0.5) is 0 Å². The van der Waals surface area contributed by atoms with E-state index in [4.69, 9.17) is 27.9 Å². The number of hydrogen-bond acceptors (Lipinski definition) is 3. The molecule has 0 fully saturated rings. The van der Waals surface area contributed by atoms with Gasteiger partial charge in [0.05, 0.1) is 13.0 Å². The van der Waals surface area contributed by atoms with Gasteiger partial charge in [0.25, 0.3) is 0 Å². The topological polar surface area (TPSA) is 38.3 Å². The van der Waals surface area contributed by atoms with Crippen LogP contribution in [0.2, 0.25) is 10.0 Å². The van der Waals surface area contributed by atoms with Crippen molar-refractivity contribution in [1.82, 2.24) is 5.32 Å². The molecule has 0 aliphatic rings. The maximum Gasteiger partial charge on any atom is 0.307 e. The molecule has 1 aromatic rings. The van der Waals surface area contributed by atoms with E-state index in [1.54, 1.807) is 25.1 Å². The summed E-state index contributed by atoms with van der Waals surface area (Å²) in [6.07, 6.45) is 0.343. The third-order valence-corrected chi connectivity index (χ3v) is 2.88. The second-order valence-corrected chi connectivity index (χ2v) is 4.25. The molecule has 0 aliphatic carbocycles. The number of halogens is 2. The molecule has 1 N–H and O–H groups in total. The summed E-state index contributed by atoms with van der Waals surface area (Å²) in [4.78, 5) is 11.1. The van der Waals surface area contributed by atoms with Gasteiger partial charge in [-0.25, -0.2) is 0 Å². The van der Waals surface area contributed by atoms with E-state index in [1.807, 2.05) is 0 Å². The SMILES string of the molecule is CCOC(=O)CCNCc1c(Cl)cccc1Cl. The molecule has 0 radical (unpaired) electrons. The summed E-state index contributed by atoms with van der Waals surface area (Å²) in [7, 11) is 0. The minimum absolute atomic E-state index is 0.203. The Bertz CT molecular complexity index is 363. The third-order valence-electron chi connectivity index (χ3n) is 2.17. The van der Waals surface area contributed by atoms with Crippen LogP contribution in [-0.2, 0) is 16.1 Å². The van der Waals surface area contributed by atoms with E-state index in [0.717, 1.165) is 5.56 Å². The number of rotatable bonds is 6. The van der Waals surface area contributed by atoms with Crippen molar-refractivity contribution in [3.05, 3.63) is 33.8 Å². The molecule has 0 heterocycles. The van der Waals surface area contributed by atoms with Gasteiger partial charge in [0.15, 0.2) is 0 Å². The van der Waals surface area contributed by atoms with Gasteiger partial charge >= 0.3 is 5.97 Å². The summed E-state index contributed by atoms with van der Waals surface area (Å²) < 4.78 is 4.81. The van der Waals surface area contributed by atoms with Crippen molar-refractivity contribution in [1.29, 1.82) is 0 Å². The van der Waals surface area contributed by atoms with Crippen molar-refractivity contribution in [3.63, 3.8) is 0 Å². The Kier molecular flexibility index (Phi) is 6.34. The van der Waals surface area contributed by atoms with Crippen LogP contribution in [0.5, 0.6) is 0 Å². The monoisotopic (exact) mass is 275 g/mol. The summed E-state index contributed by atoms with van der Waals surface area (Å²) in [6.45, 7) is 3.28. The standard InChI is InChI=1S/C12H15Cl2NO2/c1-2-17-12(16)6-7-15-8-9-10(13)4-3-5-11(9)14/h3-5,15H,2,6-8H2,1H3. The number of carbonyl (C=O) groups excluding carboxylic acids is 1. The molecule has 3 nitrogen and oxygen atoms in total. The second kappa shape index (κ2) is 7.54. The van der Waals surface area contributed by atoms with Crippen molar-refractivity contribution in [3.8, 4) is 0 Å². The molecule has 1 rings (SSSR count). The van der Waals surface area contributed by atoms with Gasteiger partial charge in [-0.3, -0.25) is 4.79 Å². The van der Waals surface area contributed by atoms with Gasteiger partial charge in [0, 0.05) is 28.7 Å². The maximum absolute atomic E-state index is 11.1. The summed E-state index contributed by atoms with van der Waals surface area (Å²) in [5.74, 6) is -0.203. The number of esters is 1. The maximum atomic E-state index is 11.1. The van der Waals surface area contributed by atoms with Crippen LogP contribution in [0.15, 0.2) is 18.2 Å². The van der Waals surface area contributed by atoms with Gasteiger partial charge in [-0.1, -0.05) is 29.3 Å². The molecular formula is C12H15Cl2NO2. The fourth-order valence-corrected chi connectivity index (χ4v) is 1.87. The highest BCUT2D eigenvalue weighted by Gasteiger charge is 2.05. The summed E-state index contributed by atoms with van der Waals surface area (Å²) >= 11 is 12.0. The lowest BCUT2D eigenvalue weighted by Crippen LogP contribution is -2.19. The molecule has 0 saturated carbocycles. The summed E-state index contributed by atoms with van der Waals surface area (Å²) in [5.41, 5.74) is 0.847. The van der Waals surface area contributed by atoms with Crippen LogP contribution in [0.25, 0.3) is 0 Å². The average molecular weight is 276 g/mol. The van der Waals surface area contributed by atoms with E-state index < -0.39 is 0 Å². The van der Waals surface area contributed by atoms with Crippen LogP contribution < -0.4 is 5.32 Å². The molecular weight excluding hydrogens is 261 g/mol. The highest BCUT2D eigenvalue weighted by atomic mass is 35.5. The van der Waals surface area contributed by atoms with E-state index in [2.05, 4.69) is 5.32 Å². The first-order chi connectivity index (χ1) is 8.15. The minimum atomic E-state index is -0.203. The predicted molar refractivity (Wildman–Crippen MR) is 69.4 cm³/mol. The van der Waals surface area contributed by atoms with E-state index in [9.17, 15) is 4.79 Å². The van der Waals surface area contributed by atoms with Gasteiger partial charge in [0.2, 0.25) is 0 Å². The van der Waals surface area contributed by atoms with Gasteiger partial charge in [-0.05, 0) is 19.1 Å². The van der Waals surface area contributed by atoms with Crippen molar-refractivity contribution in [2.45, 2.75) is 19.9 Å². The van der Waals surface area contributed by atoms with Crippen molar-refractivity contribution in [2.24, 2.45) is 0 Å². The molecule has 1 aromatic carbocycles. The van der Waals surface area contributed by atoms with Crippen molar-refractivity contribution < 1.29 is 9.53 Å². The predicted octanol–water partition coefficient (Wildman–Crippen LogP) is 3.04. The molecule has 0 aromatic heterocycles. The first kappa shape index (κ1) is 14.3. The Hall–Kier alpha value is -0.770. The zero-order valence-corrected chi connectivity index (χ0v) is 11.1. The zero-order valence-electron chi connectivity index (χ0n) is 9.63. The molecule has 0 bridgehead atoms. The van der Waals surface area contributed by atoms with Crippen LogP contribution in [0.1, 0.15) is 18.9 Å². The molecule has 0 spiro atoms. The van der Waals surface area contributed by atoms with Crippen molar-refractivity contribution in [2.75, 3.05) is 13.2 Å². The molecule has 0 atom stereocenters. The Labute approximate surface area is 111 Å². The lowest BCUT2D eigenvalue weighted by atomic mass is 10.2. The zero-order chi connectivity index (χ0) is 12.7. The number of ether oxygens (including phenoxy) is 1. The quantitative estimate of drug-likeness (QED) is 0.641. The first-order valence-corrected chi connectivity index (χ1v) is 6.20. The molecule has 0 unspecified atom stereocenters. The van der Waals surface area contributed by atoms with Gasteiger partial charge < -0.3 is 10.1 Å². The lowest BCUT2D eigenvalue weighted by Gasteiger charge is -2.08. The van der Waals surface area contributed by atoms with Crippen LogP contribution in [0.3, 0.4) is 0 Å². The van der Waals surface area contributed by atoms with E-state index in [1.165, 1.54) is 0 Å². The summed E-state index contributed by atoms with van der Waals surface area (Å²) in [6, 6.07) is 5.37. The molecule has 17 heavy (non-hydrogen) atoms. The summed E-state index contributed by atoms with van der Waals surface area (Å²) in [5, 5.41) is 4.36. The Balaban J connectivity index is 2.34. The molecule has 0 aliphatic heterocycles. The highest BCUT2D eigenvalue weighted by molar-refractivity contribution is 6.35. The number of carbonyl (C=O) groups is 1. The number of hydrogen-bond donors (Lipinski definition) is 1. The number of nitrogens with one attached hydrogen (secondary N) is 1. The van der Waals surface area contributed by atoms with Crippen LogP contribution in [-0.4, -0.2) is 19.1 Å². The number of benzene rings is 1. The Morgan fingerprint density at radius 2 is 2.00 bits per heavy atom. The normalized spacial score (nSPS) is 10.3.